The van der Waals surface area contributed by atoms with Gasteiger partial charge in [-0.15, -0.1) is 0 Å². The number of aromatic amines is 1. The second kappa shape index (κ2) is 7.66. The van der Waals surface area contributed by atoms with Crippen LogP contribution in [0.5, 0.6) is 0 Å². The van der Waals surface area contributed by atoms with Gasteiger partial charge >= 0.3 is 0 Å². The molecule has 0 amide bonds. The van der Waals surface area contributed by atoms with E-state index < -0.39 is 5.56 Å². The molecule has 5 nitrogen and oxygen atoms in total. The molecular formula is C13H12Cl3N3O2. The predicted octanol–water partition coefficient (Wildman–Crippen LogP) is 3.36. The predicted molar refractivity (Wildman–Crippen MR) is 84.5 cm³/mol. The number of nitrogens with one attached hydrogen (secondary N) is 2. The summed E-state index contributed by atoms with van der Waals surface area (Å²) in [5, 5.41) is 10.1. The van der Waals surface area contributed by atoms with Gasteiger partial charge in [-0.25, -0.2) is 5.10 Å². The van der Waals surface area contributed by atoms with Crippen LogP contribution < -0.4 is 10.9 Å². The van der Waals surface area contributed by atoms with Gasteiger partial charge in [-0.2, -0.15) is 5.10 Å². The van der Waals surface area contributed by atoms with E-state index in [1.165, 1.54) is 6.20 Å². The molecule has 21 heavy (non-hydrogen) atoms. The normalized spacial score (nSPS) is 10.6. The van der Waals surface area contributed by atoms with Gasteiger partial charge in [0.1, 0.15) is 5.02 Å². The Morgan fingerprint density at radius 3 is 2.86 bits per heavy atom. The Hall–Kier alpha value is -1.27. The standard InChI is InChI=1S/C13H12Cl3N3O2/c14-9-2-1-8(10(15)5-9)7-21-4-3-17-11-6-18-19-13(20)12(11)16/h1-2,5-6H,3-4,7H2,(H2,17,19,20). The minimum atomic E-state index is -0.435. The molecule has 0 fully saturated rings. The molecule has 0 bridgehead atoms. The summed E-state index contributed by atoms with van der Waals surface area (Å²) in [5.41, 5.74) is 0.890. The fraction of sp³-hybridized carbons (Fsp3) is 0.231. The number of hydrogen-bond donors (Lipinski definition) is 2. The summed E-state index contributed by atoms with van der Waals surface area (Å²) in [5.74, 6) is 0. The maximum absolute atomic E-state index is 11.2. The van der Waals surface area contributed by atoms with E-state index in [1.54, 1.807) is 12.1 Å². The van der Waals surface area contributed by atoms with Crippen molar-refractivity contribution in [2.45, 2.75) is 6.61 Å². The van der Waals surface area contributed by atoms with Gasteiger partial charge < -0.3 is 10.1 Å². The summed E-state index contributed by atoms with van der Waals surface area (Å²) in [6.45, 7) is 1.27. The van der Waals surface area contributed by atoms with Crippen LogP contribution in [0.1, 0.15) is 5.56 Å². The van der Waals surface area contributed by atoms with Crippen molar-refractivity contribution in [2.24, 2.45) is 0 Å². The van der Waals surface area contributed by atoms with E-state index in [0.29, 0.717) is 35.5 Å². The second-order valence-corrected chi connectivity index (χ2v) is 5.36. The smallest absolute Gasteiger partial charge is 0.285 e. The average Bonchev–Trinajstić information content (AvgIpc) is 2.45. The van der Waals surface area contributed by atoms with Gasteiger partial charge in [0, 0.05) is 16.6 Å². The summed E-state index contributed by atoms with van der Waals surface area (Å²) in [4.78, 5) is 11.2. The van der Waals surface area contributed by atoms with Gasteiger partial charge in [-0.1, -0.05) is 40.9 Å². The number of ether oxygens (including phenoxy) is 1. The van der Waals surface area contributed by atoms with Crippen molar-refractivity contribution in [2.75, 3.05) is 18.5 Å². The third kappa shape index (κ3) is 4.61. The van der Waals surface area contributed by atoms with Gasteiger partial charge in [0.15, 0.2) is 0 Å². The lowest BCUT2D eigenvalue weighted by Crippen LogP contribution is -2.15. The topological polar surface area (TPSA) is 67.0 Å². The Kier molecular flexibility index (Phi) is 5.87. The summed E-state index contributed by atoms with van der Waals surface area (Å²) in [6.07, 6.45) is 1.44. The monoisotopic (exact) mass is 347 g/mol. The summed E-state index contributed by atoms with van der Waals surface area (Å²) >= 11 is 17.7. The molecule has 0 saturated carbocycles. The van der Waals surface area contributed by atoms with Crippen molar-refractivity contribution in [3.63, 3.8) is 0 Å². The summed E-state index contributed by atoms with van der Waals surface area (Å²) in [7, 11) is 0. The highest BCUT2D eigenvalue weighted by atomic mass is 35.5. The molecule has 0 aliphatic heterocycles. The van der Waals surface area contributed by atoms with Crippen LogP contribution in [0, 0.1) is 0 Å². The second-order valence-electron chi connectivity index (χ2n) is 4.14. The number of benzene rings is 1. The number of hydrogen-bond acceptors (Lipinski definition) is 4. The molecular weight excluding hydrogens is 337 g/mol. The first kappa shape index (κ1) is 16.1. The fourth-order valence-corrected chi connectivity index (χ4v) is 2.21. The van der Waals surface area contributed by atoms with E-state index in [9.17, 15) is 4.79 Å². The quantitative estimate of drug-likeness (QED) is 0.786. The number of aromatic nitrogens is 2. The third-order valence-electron chi connectivity index (χ3n) is 2.63. The van der Waals surface area contributed by atoms with E-state index >= 15 is 0 Å². The largest absolute Gasteiger partial charge is 0.380 e. The number of H-pyrrole nitrogens is 1. The van der Waals surface area contributed by atoms with Crippen LogP contribution in [-0.2, 0) is 11.3 Å². The lowest BCUT2D eigenvalue weighted by atomic mass is 10.2. The fourth-order valence-electron chi connectivity index (χ4n) is 1.59. The van der Waals surface area contributed by atoms with Crippen molar-refractivity contribution in [1.29, 1.82) is 0 Å². The summed E-state index contributed by atoms with van der Waals surface area (Å²) in [6, 6.07) is 5.24. The number of halogens is 3. The average molecular weight is 349 g/mol. The van der Waals surface area contributed by atoms with Crippen molar-refractivity contribution in [3.8, 4) is 0 Å². The first-order chi connectivity index (χ1) is 10.1. The van der Waals surface area contributed by atoms with Crippen molar-refractivity contribution in [3.05, 3.63) is 55.4 Å². The Balaban J connectivity index is 1.77. The minimum Gasteiger partial charge on any atom is -0.380 e. The molecule has 0 saturated heterocycles. The maximum atomic E-state index is 11.2. The van der Waals surface area contributed by atoms with Crippen LogP contribution in [0.4, 0.5) is 5.69 Å². The minimum absolute atomic E-state index is 0.0748. The Morgan fingerprint density at radius 1 is 1.29 bits per heavy atom. The van der Waals surface area contributed by atoms with Crippen LogP contribution >= 0.6 is 34.8 Å². The van der Waals surface area contributed by atoms with Crippen LogP contribution in [0.3, 0.4) is 0 Å². The van der Waals surface area contributed by atoms with Crippen molar-refractivity contribution < 1.29 is 4.74 Å². The van der Waals surface area contributed by atoms with Crippen LogP contribution in [0.25, 0.3) is 0 Å². The van der Waals surface area contributed by atoms with Crippen LogP contribution in [-0.4, -0.2) is 23.3 Å². The van der Waals surface area contributed by atoms with Gasteiger partial charge in [0.05, 0.1) is 25.1 Å². The SMILES string of the molecule is O=c1[nH]ncc(NCCOCc2ccc(Cl)cc2Cl)c1Cl. The van der Waals surface area contributed by atoms with E-state index in [4.69, 9.17) is 39.5 Å². The number of rotatable bonds is 6. The number of anilines is 1. The molecule has 2 rings (SSSR count). The zero-order valence-corrected chi connectivity index (χ0v) is 13.1. The maximum Gasteiger partial charge on any atom is 0.285 e. The Bertz CT molecular complexity index is 676. The van der Waals surface area contributed by atoms with E-state index in [0.717, 1.165) is 5.56 Å². The highest BCUT2D eigenvalue weighted by molar-refractivity contribution is 6.35. The molecule has 1 aromatic carbocycles. The zero-order valence-electron chi connectivity index (χ0n) is 10.8. The molecule has 0 unspecified atom stereocenters. The van der Waals surface area contributed by atoms with Crippen LogP contribution in [0.15, 0.2) is 29.2 Å². The first-order valence-electron chi connectivity index (χ1n) is 6.06. The molecule has 0 aliphatic carbocycles. The van der Waals surface area contributed by atoms with Crippen LogP contribution in [0.2, 0.25) is 15.1 Å². The van der Waals surface area contributed by atoms with Gasteiger partial charge in [0.2, 0.25) is 0 Å². The molecule has 2 N–H and O–H groups in total. The molecule has 112 valence electrons. The molecule has 0 radical (unpaired) electrons. The third-order valence-corrected chi connectivity index (χ3v) is 3.59. The molecule has 1 heterocycles. The Morgan fingerprint density at radius 2 is 2.10 bits per heavy atom. The lowest BCUT2D eigenvalue weighted by molar-refractivity contribution is 0.130. The van der Waals surface area contributed by atoms with E-state index in [2.05, 4.69) is 15.5 Å². The first-order valence-corrected chi connectivity index (χ1v) is 7.20. The molecule has 0 atom stereocenters. The van der Waals surface area contributed by atoms with Gasteiger partial charge in [-0.05, 0) is 17.7 Å². The molecule has 0 spiro atoms. The highest BCUT2D eigenvalue weighted by Gasteiger charge is 2.04. The highest BCUT2D eigenvalue weighted by Crippen LogP contribution is 2.21. The van der Waals surface area contributed by atoms with E-state index in [-0.39, 0.29) is 5.02 Å². The molecule has 2 aromatic rings. The Labute approximate surface area is 136 Å². The molecule has 1 aromatic heterocycles. The zero-order chi connectivity index (χ0) is 15.2. The van der Waals surface area contributed by atoms with Gasteiger partial charge in [0.25, 0.3) is 5.56 Å². The lowest BCUT2D eigenvalue weighted by Gasteiger charge is -2.09. The van der Waals surface area contributed by atoms with Crippen molar-refractivity contribution in [1.82, 2.24) is 10.2 Å². The number of nitrogens with zero attached hydrogens (tertiary/aromatic N) is 1. The van der Waals surface area contributed by atoms with E-state index in [1.807, 2.05) is 6.07 Å². The summed E-state index contributed by atoms with van der Waals surface area (Å²) < 4.78 is 5.49. The van der Waals surface area contributed by atoms with Crippen molar-refractivity contribution >= 4 is 40.5 Å². The molecule has 8 heteroatoms. The van der Waals surface area contributed by atoms with Gasteiger partial charge in [-0.3, -0.25) is 4.79 Å². The molecule has 0 aliphatic rings.